The first-order valence-corrected chi connectivity index (χ1v) is 11.1. The standard InChI is InChI=1S/C25H16ClF3N4O4/c1-12-22(13(2)37-32-12)15-7-17-18(11-33(23(17)31-9-15)20-5-6-30-10-19(20)26)16-4-3-14(24(34)35)8-21(16)36-25(27,28)29/h3-11H,1-2H3,(H,34,35). The van der Waals surface area contributed by atoms with Crippen LogP contribution >= 0.6 is 11.6 Å². The van der Waals surface area contributed by atoms with Crippen molar-refractivity contribution in [3.05, 3.63) is 77.2 Å². The molecule has 0 radical (unpaired) electrons. The molecule has 0 aliphatic heterocycles. The van der Waals surface area contributed by atoms with Crippen molar-refractivity contribution in [2.24, 2.45) is 0 Å². The molecule has 8 nitrogen and oxygen atoms in total. The van der Waals surface area contributed by atoms with Crippen LogP contribution in [0.3, 0.4) is 0 Å². The van der Waals surface area contributed by atoms with E-state index in [9.17, 15) is 23.1 Å². The van der Waals surface area contributed by atoms with E-state index < -0.39 is 18.1 Å². The number of carboxylic acids is 1. The smallest absolute Gasteiger partial charge is 0.478 e. The van der Waals surface area contributed by atoms with Crippen molar-refractivity contribution in [3.63, 3.8) is 0 Å². The van der Waals surface area contributed by atoms with Crippen LogP contribution in [0.25, 0.3) is 39.0 Å². The number of pyridine rings is 2. The van der Waals surface area contributed by atoms with E-state index in [0.29, 0.717) is 44.9 Å². The Kier molecular flexibility index (Phi) is 5.87. The Bertz CT molecular complexity index is 1660. The van der Waals surface area contributed by atoms with Crippen molar-refractivity contribution in [2.75, 3.05) is 0 Å². The maximum Gasteiger partial charge on any atom is 0.573 e. The van der Waals surface area contributed by atoms with Crippen LogP contribution in [-0.4, -0.2) is 37.1 Å². The van der Waals surface area contributed by atoms with E-state index in [0.717, 1.165) is 6.07 Å². The maximum absolute atomic E-state index is 13.3. The topological polar surface area (TPSA) is 103 Å². The quantitative estimate of drug-likeness (QED) is 0.274. The third-order valence-electron chi connectivity index (χ3n) is 5.72. The van der Waals surface area contributed by atoms with Gasteiger partial charge in [0.15, 0.2) is 0 Å². The number of ether oxygens (including phenoxy) is 1. The second-order valence-corrected chi connectivity index (χ2v) is 8.51. The summed E-state index contributed by atoms with van der Waals surface area (Å²) in [4.78, 5) is 20.0. The van der Waals surface area contributed by atoms with Gasteiger partial charge in [-0.1, -0.05) is 16.8 Å². The van der Waals surface area contributed by atoms with E-state index in [-0.39, 0.29) is 16.1 Å². The van der Waals surface area contributed by atoms with Crippen LogP contribution in [0.5, 0.6) is 5.75 Å². The number of aromatic carboxylic acids is 1. The zero-order chi connectivity index (χ0) is 26.5. The van der Waals surface area contributed by atoms with Crippen molar-refractivity contribution in [1.29, 1.82) is 0 Å². The zero-order valence-corrected chi connectivity index (χ0v) is 19.9. The molecular formula is C25H16ClF3N4O4. The monoisotopic (exact) mass is 528 g/mol. The molecule has 1 aromatic carbocycles. The number of hydrogen-bond acceptors (Lipinski definition) is 6. The number of aromatic nitrogens is 4. The summed E-state index contributed by atoms with van der Waals surface area (Å²) in [5.41, 5.74) is 2.77. The Labute approximate surface area is 211 Å². The average molecular weight is 529 g/mol. The molecule has 0 aliphatic carbocycles. The Morgan fingerprint density at radius 3 is 2.57 bits per heavy atom. The average Bonchev–Trinajstić information content (AvgIpc) is 3.37. The van der Waals surface area contributed by atoms with E-state index >= 15 is 0 Å². The van der Waals surface area contributed by atoms with Crippen molar-refractivity contribution in [3.8, 4) is 33.7 Å². The van der Waals surface area contributed by atoms with Crippen LogP contribution in [0.4, 0.5) is 13.2 Å². The third-order valence-corrected chi connectivity index (χ3v) is 6.01. The van der Waals surface area contributed by atoms with Crippen molar-refractivity contribution in [1.82, 2.24) is 19.7 Å². The molecule has 188 valence electrons. The van der Waals surface area contributed by atoms with Gasteiger partial charge in [-0.2, -0.15) is 0 Å². The van der Waals surface area contributed by atoms with Crippen molar-refractivity contribution >= 4 is 28.6 Å². The highest BCUT2D eigenvalue weighted by atomic mass is 35.5. The van der Waals surface area contributed by atoms with E-state index in [2.05, 4.69) is 19.9 Å². The van der Waals surface area contributed by atoms with Crippen molar-refractivity contribution in [2.45, 2.75) is 20.2 Å². The summed E-state index contributed by atoms with van der Waals surface area (Å²) >= 11 is 6.37. The minimum absolute atomic E-state index is 0.00830. The lowest BCUT2D eigenvalue weighted by Gasteiger charge is -2.14. The van der Waals surface area contributed by atoms with Gasteiger partial charge in [0, 0.05) is 52.4 Å². The van der Waals surface area contributed by atoms with E-state index in [1.54, 1.807) is 42.9 Å². The lowest BCUT2D eigenvalue weighted by Crippen LogP contribution is -2.18. The first kappa shape index (κ1) is 24.3. The SMILES string of the molecule is Cc1noc(C)c1-c1cnc2c(c1)c(-c1ccc(C(=O)O)cc1OC(F)(F)F)cn2-c1ccncc1Cl. The number of benzene rings is 1. The Balaban J connectivity index is 1.83. The molecule has 0 amide bonds. The normalized spacial score (nSPS) is 11.7. The van der Waals surface area contributed by atoms with Gasteiger partial charge in [-0.05, 0) is 44.2 Å². The fourth-order valence-electron chi connectivity index (χ4n) is 4.19. The second-order valence-electron chi connectivity index (χ2n) is 8.10. The number of hydrogen-bond donors (Lipinski definition) is 1. The molecular weight excluding hydrogens is 513 g/mol. The third kappa shape index (κ3) is 4.49. The van der Waals surface area contributed by atoms with E-state index in [4.69, 9.17) is 16.1 Å². The molecule has 0 bridgehead atoms. The molecule has 0 saturated heterocycles. The minimum Gasteiger partial charge on any atom is -0.478 e. The number of carboxylic acid groups (broad SMARTS) is 1. The van der Waals surface area contributed by atoms with Crippen LogP contribution < -0.4 is 4.74 Å². The first-order valence-electron chi connectivity index (χ1n) is 10.7. The van der Waals surface area contributed by atoms with Gasteiger partial charge in [0.05, 0.1) is 22.0 Å². The fourth-order valence-corrected chi connectivity index (χ4v) is 4.40. The van der Waals surface area contributed by atoms with Gasteiger partial charge in [-0.3, -0.25) is 9.55 Å². The fraction of sp³-hybridized carbons (Fsp3) is 0.120. The number of halogens is 4. The number of nitrogens with zero attached hydrogens (tertiary/aromatic N) is 4. The van der Waals surface area contributed by atoms with Crippen LogP contribution in [0, 0.1) is 13.8 Å². The predicted molar refractivity (Wildman–Crippen MR) is 128 cm³/mol. The molecule has 0 spiro atoms. The van der Waals surface area contributed by atoms with Gasteiger partial charge in [-0.15, -0.1) is 13.2 Å². The van der Waals surface area contributed by atoms with Gasteiger partial charge in [0.2, 0.25) is 0 Å². The first-order chi connectivity index (χ1) is 17.5. The van der Waals surface area contributed by atoms with Crippen LogP contribution in [0.1, 0.15) is 21.8 Å². The lowest BCUT2D eigenvalue weighted by molar-refractivity contribution is -0.274. The molecule has 37 heavy (non-hydrogen) atoms. The molecule has 0 saturated carbocycles. The molecule has 12 heteroatoms. The van der Waals surface area contributed by atoms with Gasteiger partial charge in [-0.25, -0.2) is 9.78 Å². The Morgan fingerprint density at radius 2 is 1.92 bits per heavy atom. The minimum atomic E-state index is -5.06. The summed E-state index contributed by atoms with van der Waals surface area (Å²) in [6.45, 7) is 3.50. The molecule has 5 rings (SSSR count). The largest absolute Gasteiger partial charge is 0.573 e. The van der Waals surface area contributed by atoms with Crippen LogP contribution in [-0.2, 0) is 0 Å². The van der Waals surface area contributed by atoms with E-state index in [1.807, 2.05) is 0 Å². The number of aryl methyl sites for hydroxylation is 2. The van der Waals surface area contributed by atoms with E-state index in [1.165, 1.54) is 24.5 Å². The van der Waals surface area contributed by atoms with Gasteiger partial charge < -0.3 is 14.4 Å². The van der Waals surface area contributed by atoms with Gasteiger partial charge >= 0.3 is 12.3 Å². The van der Waals surface area contributed by atoms with Crippen LogP contribution in [0.15, 0.2) is 59.6 Å². The highest BCUT2D eigenvalue weighted by Gasteiger charge is 2.33. The summed E-state index contributed by atoms with van der Waals surface area (Å²) in [6.07, 6.45) is 1.06. The Hall–Kier alpha value is -4.38. The van der Waals surface area contributed by atoms with Crippen LogP contribution in [0.2, 0.25) is 5.02 Å². The highest BCUT2D eigenvalue weighted by Crippen LogP contribution is 2.41. The molecule has 5 aromatic rings. The van der Waals surface area contributed by atoms with Gasteiger partial charge in [0.25, 0.3) is 0 Å². The number of alkyl halides is 3. The summed E-state index contributed by atoms with van der Waals surface area (Å²) in [7, 11) is 0. The molecule has 4 heterocycles. The highest BCUT2D eigenvalue weighted by molar-refractivity contribution is 6.32. The Morgan fingerprint density at radius 1 is 1.14 bits per heavy atom. The number of fused-ring (bicyclic) bond motifs is 1. The summed E-state index contributed by atoms with van der Waals surface area (Å²) in [5.74, 6) is -1.52. The lowest BCUT2D eigenvalue weighted by atomic mass is 10.00. The summed E-state index contributed by atoms with van der Waals surface area (Å²) in [6, 6.07) is 6.68. The molecule has 0 fully saturated rings. The molecule has 4 aromatic heterocycles. The molecule has 0 atom stereocenters. The van der Waals surface area contributed by atoms with Gasteiger partial charge in [0.1, 0.15) is 17.2 Å². The predicted octanol–water partition coefficient (Wildman–Crippen LogP) is 6.61. The van der Waals surface area contributed by atoms with Crippen molar-refractivity contribution < 1.29 is 32.3 Å². The zero-order valence-electron chi connectivity index (χ0n) is 19.2. The summed E-state index contributed by atoms with van der Waals surface area (Å²) in [5, 5.41) is 14.0. The number of carbonyl (C=O) groups is 1. The number of rotatable bonds is 5. The second kappa shape index (κ2) is 8.93. The molecule has 0 unspecified atom stereocenters. The maximum atomic E-state index is 13.3. The molecule has 0 aliphatic rings. The molecule has 1 N–H and O–H groups in total. The summed E-state index contributed by atoms with van der Waals surface area (Å²) < 4.78 is 51.1.